The summed E-state index contributed by atoms with van der Waals surface area (Å²) in [7, 11) is 0. The maximum Gasteiger partial charge on any atom is 0.317 e. The number of aliphatic hydroxyl groups excluding tert-OH is 1. The summed E-state index contributed by atoms with van der Waals surface area (Å²) in [4.78, 5) is 14.3. The lowest BCUT2D eigenvalue weighted by Crippen LogP contribution is -2.51. The van der Waals surface area contributed by atoms with Crippen molar-refractivity contribution in [2.24, 2.45) is 17.8 Å². The molecule has 2 N–H and O–H groups in total. The summed E-state index contributed by atoms with van der Waals surface area (Å²) >= 11 is 0. The standard InChI is InChI=1S/C16H30N2O2/c1-12(2)14-5-3-4-6-15(14)17-16(20)18-9-7-13(11-19)8-10-18/h12-15,19H,3-11H2,1-2H3,(H,17,20)/t14-,15-/m0/s1. The summed E-state index contributed by atoms with van der Waals surface area (Å²) in [6.07, 6.45) is 6.78. The Bertz CT molecular complexity index is 312. The van der Waals surface area contributed by atoms with E-state index in [1.54, 1.807) is 0 Å². The third kappa shape index (κ3) is 3.87. The number of nitrogens with one attached hydrogen (secondary N) is 1. The van der Waals surface area contributed by atoms with Crippen LogP contribution in [-0.2, 0) is 0 Å². The maximum absolute atomic E-state index is 12.4. The van der Waals surface area contributed by atoms with Gasteiger partial charge in [-0.15, -0.1) is 0 Å². The highest BCUT2D eigenvalue weighted by Crippen LogP contribution is 2.30. The van der Waals surface area contributed by atoms with E-state index in [2.05, 4.69) is 19.2 Å². The van der Waals surface area contributed by atoms with Gasteiger partial charge in [0.2, 0.25) is 0 Å². The summed E-state index contributed by atoms with van der Waals surface area (Å²) in [6.45, 7) is 6.36. The lowest BCUT2D eigenvalue weighted by molar-refractivity contribution is 0.128. The SMILES string of the molecule is CC(C)[C@@H]1CCCC[C@@H]1NC(=O)N1CCC(CO)CC1. The first kappa shape index (κ1) is 15.6. The van der Waals surface area contributed by atoms with Crippen molar-refractivity contribution in [2.75, 3.05) is 19.7 Å². The molecule has 1 aliphatic heterocycles. The maximum atomic E-state index is 12.4. The molecule has 116 valence electrons. The average molecular weight is 282 g/mol. The molecule has 1 heterocycles. The number of urea groups is 1. The second kappa shape index (κ2) is 7.30. The van der Waals surface area contributed by atoms with Crippen LogP contribution in [0.2, 0.25) is 0 Å². The third-order valence-corrected chi connectivity index (χ3v) is 5.14. The molecule has 0 aromatic carbocycles. The van der Waals surface area contributed by atoms with E-state index in [0.29, 0.717) is 23.8 Å². The first-order chi connectivity index (χ1) is 9.61. The molecule has 2 amide bonds. The van der Waals surface area contributed by atoms with Gasteiger partial charge in [-0.25, -0.2) is 4.79 Å². The van der Waals surface area contributed by atoms with Gasteiger partial charge in [-0.3, -0.25) is 0 Å². The molecule has 0 bridgehead atoms. The number of hydrogen-bond acceptors (Lipinski definition) is 2. The molecule has 4 nitrogen and oxygen atoms in total. The molecule has 0 unspecified atom stereocenters. The Kier molecular flexibility index (Phi) is 5.70. The van der Waals surface area contributed by atoms with Crippen LogP contribution in [0.4, 0.5) is 4.79 Å². The van der Waals surface area contributed by atoms with Crippen molar-refractivity contribution in [3.05, 3.63) is 0 Å². The Hall–Kier alpha value is -0.770. The van der Waals surface area contributed by atoms with Crippen LogP contribution in [0, 0.1) is 17.8 Å². The van der Waals surface area contributed by atoms with Crippen molar-refractivity contribution < 1.29 is 9.90 Å². The summed E-state index contributed by atoms with van der Waals surface area (Å²) < 4.78 is 0. The highest BCUT2D eigenvalue weighted by molar-refractivity contribution is 5.74. The second-order valence-electron chi connectivity index (χ2n) is 6.86. The lowest BCUT2D eigenvalue weighted by Gasteiger charge is -2.37. The minimum absolute atomic E-state index is 0.110. The van der Waals surface area contributed by atoms with E-state index >= 15 is 0 Å². The molecule has 2 aliphatic rings. The minimum atomic E-state index is 0.110. The number of likely N-dealkylation sites (tertiary alicyclic amines) is 1. The van der Waals surface area contributed by atoms with Gasteiger partial charge in [-0.05, 0) is 43.4 Å². The second-order valence-corrected chi connectivity index (χ2v) is 6.86. The molecule has 0 radical (unpaired) electrons. The molecule has 1 saturated carbocycles. The van der Waals surface area contributed by atoms with E-state index in [-0.39, 0.29) is 12.6 Å². The van der Waals surface area contributed by atoms with Crippen LogP contribution in [0.25, 0.3) is 0 Å². The number of carbonyl (C=O) groups is 1. The highest BCUT2D eigenvalue weighted by atomic mass is 16.3. The third-order valence-electron chi connectivity index (χ3n) is 5.14. The summed E-state index contributed by atoms with van der Waals surface area (Å²) in [5, 5.41) is 12.4. The largest absolute Gasteiger partial charge is 0.396 e. The van der Waals surface area contributed by atoms with Crippen molar-refractivity contribution in [1.29, 1.82) is 0 Å². The van der Waals surface area contributed by atoms with Gasteiger partial charge in [0.05, 0.1) is 0 Å². The molecule has 1 aliphatic carbocycles. The van der Waals surface area contributed by atoms with Crippen LogP contribution < -0.4 is 5.32 Å². The van der Waals surface area contributed by atoms with Gasteiger partial charge < -0.3 is 15.3 Å². The molecule has 4 heteroatoms. The van der Waals surface area contributed by atoms with Gasteiger partial charge in [0.25, 0.3) is 0 Å². The molecule has 0 aromatic heterocycles. The van der Waals surface area contributed by atoms with Crippen LogP contribution in [0.1, 0.15) is 52.4 Å². The van der Waals surface area contributed by atoms with Crippen LogP contribution in [-0.4, -0.2) is 41.8 Å². The Balaban J connectivity index is 1.84. The number of rotatable bonds is 3. The predicted octanol–water partition coefficient (Wildman–Crippen LogP) is 2.62. The van der Waals surface area contributed by atoms with Crippen LogP contribution in [0.3, 0.4) is 0 Å². The van der Waals surface area contributed by atoms with E-state index in [1.165, 1.54) is 19.3 Å². The van der Waals surface area contributed by atoms with E-state index in [1.807, 2.05) is 4.90 Å². The monoisotopic (exact) mass is 282 g/mol. The number of nitrogens with zero attached hydrogens (tertiary/aromatic N) is 1. The quantitative estimate of drug-likeness (QED) is 0.836. The van der Waals surface area contributed by atoms with Gasteiger partial charge in [0, 0.05) is 25.7 Å². The lowest BCUT2D eigenvalue weighted by atomic mass is 9.78. The molecule has 2 atom stereocenters. The molecule has 1 saturated heterocycles. The normalized spacial score (nSPS) is 28.7. The number of aliphatic hydroxyl groups is 1. The van der Waals surface area contributed by atoms with E-state index < -0.39 is 0 Å². The van der Waals surface area contributed by atoms with Gasteiger partial charge in [-0.2, -0.15) is 0 Å². The average Bonchev–Trinajstić information content (AvgIpc) is 2.47. The Morgan fingerprint density at radius 3 is 2.45 bits per heavy atom. The van der Waals surface area contributed by atoms with Crippen molar-refractivity contribution in [3.63, 3.8) is 0 Å². The zero-order chi connectivity index (χ0) is 14.5. The van der Waals surface area contributed by atoms with E-state index in [4.69, 9.17) is 5.11 Å². The number of carbonyl (C=O) groups excluding carboxylic acids is 1. The van der Waals surface area contributed by atoms with E-state index in [0.717, 1.165) is 32.4 Å². The van der Waals surface area contributed by atoms with Crippen LogP contribution >= 0.6 is 0 Å². The zero-order valence-corrected chi connectivity index (χ0v) is 13.0. The first-order valence-corrected chi connectivity index (χ1v) is 8.28. The van der Waals surface area contributed by atoms with Gasteiger partial charge in [0.15, 0.2) is 0 Å². The Morgan fingerprint density at radius 1 is 1.20 bits per heavy atom. The number of piperidine rings is 1. The summed E-state index contributed by atoms with van der Waals surface area (Å²) in [5.74, 6) is 1.65. The molecule has 2 fully saturated rings. The summed E-state index contributed by atoms with van der Waals surface area (Å²) in [5.41, 5.74) is 0. The van der Waals surface area contributed by atoms with Crippen LogP contribution in [0.5, 0.6) is 0 Å². The number of amides is 2. The predicted molar refractivity (Wildman–Crippen MR) is 80.5 cm³/mol. The van der Waals surface area contributed by atoms with Crippen molar-refractivity contribution in [3.8, 4) is 0 Å². The Labute approximate surface area is 122 Å². The highest BCUT2D eigenvalue weighted by Gasteiger charge is 2.30. The molecule has 0 aromatic rings. The van der Waals surface area contributed by atoms with Crippen molar-refractivity contribution >= 4 is 6.03 Å². The van der Waals surface area contributed by atoms with E-state index in [9.17, 15) is 4.79 Å². The fourth-order valence-corrected chi connectivity index (χ4v) is 3.71. The van der Waals surface area contributed by atoms with Crippen molar-refractivity contribution in [2.45, 2.75) is 58.4 Å². The first-order valence-electron chi connectivity index (χ1n) is 8.28. The number of hydrogen-bond donors (Lipinski definition) is 2. The zero-order valence-electron chi connectivity index (χ0n) is 13.0. The van der Waals surface area contributed by atoms with Gasteiger partial charge >= 0.3 is 6.03 Å². The summed E-state index contributed by atoms with van der Waals surface area (Å²) in [6, 6.07) is 0.464. The van der Waals surface area contributed by atoms with Crippen LogP contribution in [0.15, 0.2) is 0 Å². The van der Waals surface area contributed by atoms with Crippen molar-refractivity contribution in [1.82, 2.24) is 10.2 Å². The minimum Gasteiger partial charge on any atom is -0.396 e. The molecular weight excluding hydrogens is 252 g/mol. The smallest absolute Gasteiger partial charge is 0.317 e. The molecular formula is C16H30N2O2. The fraction of sp³-hybridized carbons (Fsp3) is 0.938. The van der Waals surface area contributed by atoms with Gasteiger partial charge in [0.1, 0.15) is 0 Å². The molecule has 2 rings (SSSR count). The topological polar surface area (TPSA) is 52.6 Å². The Morgan fingerprint density at radius 2 is 1.85 bits per heavy atom. The molecule has 20 heavy (non-hydrogen) atoms. The van der Waals surface area contributed by atoms with Gasteiger partial charge in [-0.1, -0.05) is 26.7 Å². The molecule has 0 spiro atoms. The fourth-order valence-electron chi connectivity index (χ4n) is 3.71.